The molecule has 0 aliphatic carbocycles. The molecule has 98 valence electrons. The Kier molecular flexibility index (Phi) is 4.87. The molecule has 2 rings (SSSR count). The lowest BCUT2D eigenvalue weighted by Gasteiger charge is -2.21. The van der Waals surface area contributed by atoms with Gasteiger partial charge in [0.2, 0.25) is 0 Å². The Labute approximate surface area is 115 Å². The molecule has 0 aliphatic rings. The van der Waals surface area contributed by atoms with E-state index in [1.54, 1.807) is 0 Å². The van der Waals surface area contributed by atoms with Crippen molar-refractivity contribution in [2.45, 2.75) is 25.4 Å². The summed E-state index contributed by atoms with van der Waals surface area (Å²) in [6.07, 6.45) is 2.87. The summed E-state index contributed by atoms with van der Waals surface area (Å²) >= 11 is 0. The second-order valence-corrected chi connectivity index (χ2v) is 4.53. The van der Waals surface area contributed by atoms with E-state index >= 15 is 0 Å². The highest BCUT2D eigenvalue weighted by molar-refractivity contribution is 5.57. The highest BCUT2D eigenvalue weighted by Gasteiger charge is 2.19. The van der Waals surface area contributed by atoms with E-state index in [-0.39, 0.29) is 12.1 Å². The van der Waals surface area contributed by atoms with E-state index in [0.29, 0.717) is 0 Å². The van der Waals surface area contributed by atoms with Crippen LogP contribution >= 0.6 is 0 Å². The maximum absolute atomic E-state index is 6.40. The molecule has 2 nitrogen and oxygen atoms in total. The largest absolute Gasteiger partial charge is 0.322 e. The molecule has 0 bridgehead atoms. The van der Waals surface area contributed by atoms with Gasteiger partial charge in [-0.2, -0.15) is 0 Å². The molecule has 0 spiro atoms. The lowest BCUT2D eigenvalue weighted by atomic mass is 9.94. The Balaban J connectivity index is 2.31. The smallest absolute Gasteiger partial charge is 0.0937 e. The summed E-state index contributed by atoms with van der Waals surface area (Å²) in [6.45, 7) is 2.08. The van der Waals surface area contributed by atoms with Crippen molar-refractivity contribution in [2.24, 2.45) is 10.7 Å². The van der Waals surface area contributed by atoms with Crippen LogP contribution in [0.15, 0.2) is 65.7 Å². The molecule has 2 aromatic rings. The van der Waals surface area contributed by atoms with Crippen LogP contribution in [-0.2, 0) is 0 Å². The first-order valence-electron chi connectivity index (χ1n) is 6.70. The predicted octanol–water partition coefficient (Wildman–Crippen LogP) is 3.91. The molecular formula is C17H20N2. The Morgan fingerprint density at radius 3 is 2.00 bits per heavy atom. The molecule has 0 amide bonds. The van der Waals surface area contributed by atoms with Gasteiger partial charge in [0.25, 0.3) is 0 Å². The van der Waals surface area contributed by atoms with E-state index in [2.05, 4.69) is 36.2 Å². The maximum Gasteiger partial charge on any atom is 0.0937 e. The predicted molar refractivity (Wildman–Crippen MR) is 81.3 cm³/mol. The van der Waals surface area contributed by atoms with Gasteiger partial charge in [-0.15, -0.1) is 0 Å². The fraction of sp³-hybridized carbons (Fsp3) is 0.235. The number of hydrogen-bond acceptors (Lipinski definition) is 2. The summed E-state index contributed by atoms with van der Waals surface area (Å²) < 4.78 is 0. The molecule has 0 aliphatic heterocycles. The van der Waals surface area contributed by atoms with E-state index in [1.807, 2.05) is 42.6 Å². The van der Waals surface area contributed by atoms with Gasteiger partial charge in [-0.05, 0) is 23.8 Å². The van der Waals surface area contributed by atoms with E-state index in [9.17, 15) is 0 Å². The molecule has 0 radical (unpaired) electrons. The third-order valence-electron chi connectivity index (χ3n) is 3.11. The summed E-state index contributed by atoms with van der Waals surface area (Å²) in [5.41, 5.74) is 8.67. The Hall–Kier alpha value is -1.93. The van der Waals surface area contributed by atoms with Crippen molar-refractivity contribution in [1.82, 2.24) is 0 Å². The zero-order valence-electron chi connectivity index (χ0n) is 11.2. The molecule has 2 heteroatoms. The van der Waals surface area contributed by atoms with Crippen LogP contribution in [0.25, 0.3) is 0 Å². The molecule has 2 aromatic carbocycles. The SMILES string of the molecule is CCC=N[C@@H](c1ccccc1)[C@@H](N)c1ccccc1. The van der Waals surface area contributed by atoms with E-state index in [0.717, 1.165) is 17.5 Å². The zero-order valence-corrected chi connectivity index (χ0v) is 11.2. The Bertz CT molecular complexity index is 505. The number of aliphatic imine (C=N–C) groups is 1. The average molecular weight is 252 g/mol. The van der Waals surface area contributed by atoms with Crippen molar-refractivity contribution >= 4 is 6.21 Å². The second kappa shape index (κ2) is 6.86. The van der Waals surface area contributed by atoms with Crippen LogP contribution in [0.5, 0.6) is 0 Å². The highest BCUT2D eigenvalue weighted by atomic mass is 14.9. The summed E-state index contributed by atoms with van der Waals surface area (Å²) in [7, 11) is 0. The monoisotopic (exact) mass is 252 g/mol. The topological polar surface area (TPSA) is 38.4 Å². The van der Waals surface area contributed by atoms with Crippen LogP contribution < -0.4 is 5.73 Å². The van der Waals surface area contributed by atoms with Crippen LogP contribution in [0.4, 0.5) is 0 Å². The highest BCUT2D eigenvalue weighted by Crippen LogP contribution is 2.29. The minimum Gasteiger partial charge on any atom is -0.322 e. The number of benzene rings is 2. The van der Waals surface area contributed by atoms with Gasteiger partial charge in [0.15, 0.2) is 0 Å². The van der Waals surface area contributed by atoms with Crippen LogP contribution in [-0.4, -0.2) is 6.21 Å². The van der Waals surface area contributed by atoms with Crippen LogP contribution in [0.1, 0.15) is 36.6 Å². The van der Waals surface area contributed by atoms with Crippen molar-refractivity contribution < 1.29 is 0 Å². The number of rotatable bonds is 5. The van der Waals surface area contributed by atoms with Crippen molar-refractivity contribution in [3.63, 3.8) is 0 Å². The fourth-order valence-corrected chi connectivity index (χ4v) is 2.11. The molecule has 0 unspecified atom stereocenters. The average Bonchev–Trinajstić information content (AvgIpc) is 2.49. The van der Waals surface area contributed by atoms with Gasteiger partial charge < -0.3 is 5.73 Å². The van der Waals surface area contributed by atoms with Crippen molar-refractivity contribution in [3.05, 3.63) is 71.8 Å². The zero-order chi connectivity index (χ0) is 13.5. The first-order valence-corrected chi connectivity index (χ1v) is 6.70. The third kappa shape index (κ3) is 3.52. The van der Waals surface area contributed by atoms with Gasteiger partial charge in [-0.25, -0.2) is 0 Å². The second-order valence-electron chi connectivity index (χ2n) is 4.53. The van der Waals surface area contributed by atoms with Crippen LogP contribution in [0.3, 0.4) is 0 Å². The summed E-state index contributed by atoms with van der Waals surface area (Å²) in [5.74, 6) is 0. The summed E-state index contributed by atoms with van der Waals surface area (Å²) in [6, 6.07) is 20.2. The van der Waals surface area contributed by atoms with Gasteiger partial charge in [-0.3, -0.25) is 4.99 Å². The lowest BCUT2D eigenvalue weighted by molar-refractivity contribution is 0.578. The number of nitrogens with zero attached hydrogens (tertiary/aromatic N) is 1. The Morgan fingerprint density at radius 2 is 1.47 bits per heavy atom. The molecule has 0 heterocycles. The van der Waals surface area contributed by atoms with E-state index in [1.165, 1.54) is 0 Å². The molecule has 0 saturated carbocycles. The van der Waals surface area contributed by atoms with Crippen molar-refractivity contribution in [3.8, 4) is 0 Å². The molecule has 0 saturated heterocycles. The normalized spacial score (nSPS) is 14.4. The molecule has 0 fully saturated rings. The fourth-order valence-electron chi connectivity index (χ4n) is 2.11. The van der Waals surface area contributed by atoms with Gasteiger partial charge in [0, 0.05) is 0 Å². The van der Waals surface area contributed by atoms with Crippen molar-refractivity contribution in [2.75, 3.05) is 0 Å². The lowest BCUT2D eigenvalue weighted by Crippen LogP contribution is -2.18. The van der Waals surface area contributed by atoms with Crippen molar-refractivity contribution in [1.29, 1.82) is 0 Å². The maximum atomic E-state index is 6.40. The van der Waals surface area contributed by atoms with Gasteiger partial charge in [0.05, 0.1) is 12.1 Å². The number of hydrogen-bond donors (Lipinski definition) is 1. The molecular weight excluding hydrogens is 232 g/mol. The minimum absolute atomic E-state index is 0.0245. The first-order chi connectivity index (χ1) is 9.33. The molecule has 0 aromatic heterocycles. The molecule has 2 atom stereocenters. The molecule has 19 heavy (non-hydrogen) atoms. The number of nitrogens with two attached hydrogens (primary N) is 1. The summed E-state index contributed by atoms with van der Waals surface area (Å²) in [4.78, 5) is 4.64. The van der Waals surface area contributed by atoms with E-state index in [4.69, 9.17) is 5.73 Å². The quantitative estimate of drug-likeness (QED) is 0.805. The first kappa shape index (κ1) is 13.5. The van der Waals surface area contributed by atoms with Gasteiger partial charge in [-0.1, -0.05) is 67.6 Å². The Morgan fingerprint density at radius 1 is 0.947 bits per heavy atom. The standard InChI is InChI=1S/C17H20N2/c1-2-13-19-17(15-11-7-4-8-12-15)16(18)14-9-5-3-6-10-14/h3-13,16-17H,2,18H2,1H3/t16-,17-/m0/s1. The summed E-state index contributed by atoms with van der Waals surface area (Å²) in [5, 5.41) is 0. The van der Waals surface area contributed by atoms with E-state index < -0.39 is 0 Å². The third-order valence-corrected chi connectivity index (χ3v) is 3.11. The van der Waals surface area contributed by atoms with Gasteiger partial charge >= 0.3 is 0 Å². The van der Waals surface area contributed by atoms with Gasteiger partial charge in [0.1, 0.15) is 0 Å². The van der Waals surface area contributed by atoms with Crippen LogP contribution in [0.2, 0.25) is 0 Å². The molecule has 2 N–H and O–H groups in total. The minimum atomic E-state index is -0.119. The van der Waals surface area contributed by atoms with Crippen LogP contribution in [0, 0.1) is 0 Å².